The van der Waals surface area contributed by atoms with Crippen molar-refractivity contribution in [3.63, 3.8) is 0 Å². The zero-order chi connectivity index (χ0) is 21.0. The lowest BCUT2D eigenvalue weighted by molar-refractivity contribution is -0.140. The number of nitrogens with one attached hydrogen (secondary N) is 1. The van der Waals surface area contributed by atoms with Gasteiger partial charge in [0.15, 0.2) is 5.16 Å². The summed E-state index contributed by atoms with van der Waals surface area (Å²) in [5.74, 6) is -0.874. The minimum atomic E-state index is -0.529. The molecular formula is C21H21N3O4S. The summed E-state index contributed by atoms with van der Waals surface area (Å²) in [7, 11) is 1.25. The van der Waals surface area contributed by atoms with E-state index < -0.39 is 5.97 Å². The number of nitrogens with zero attached hydrogens (tertiary/aromatic N) is 2. The Balaban J connectivity index is 1.98. The van der Waals surface area contributed by atoms with E-state index in [0.29, 0.717) is 21.7 Å². The highest BCUT2D eigenvalue weighted by Crippen LogP contribution is 2.22. The van der Waals surface area contributed by atoms with Gasteiger partial charge < -0.3 is 10.1 Å². The largest absolute Gasteiger partial charge is 0.468 e. The van der Waals surface area contributed by atoms with Crippen molar-refractivity contribution in [1.82, 2.24) is 14.9 Å². The molecule has 1 heterocycles. The van der Waals surface area contributed by atoms with Crippen molar-refractivity contribution >= 4 is 34.5 Å². The molecule has 0 spiro atoms. The number of para-hydroxylation sites is 1. The zero-order valence-corrected chi connectivity index (χ0v) is 17.2. The van der Waals surface area contributed by atoms with E-state index in [-0.39, 0.29) is 23.8 Å². The number of hydrogen-bond acceptors (Lipinski definition) is 6. The van der Waals surface area contributed by atoms with Crippen LogP contribution in [0.4, 0.5) is 0 Å². The van der Waals surface area contributed by atoms with Gasteiger partial charge in [-0.2, -0.15) is 0 Å². The first-order chi connectivity index (χ1) is 13.9. The zero-order valence-electron chi connectivity index (χ0n) is 16.4. The summed E-state index contributed by atoms with van der Waals surface area (Å²) in [6, 6.07) is 12.8. The van der Waals surface area contributed by atoms with E-state index in [9.17, 15) is 14.4 Å². The van der Waals surface area contributed by atoms with Crippen LogP contribution in [0.2, 0.25) is 0 Å². The Labute approximate surface area is 172 Å². The number of benzene rings is 2. The molecule has 0 bridgehead atoms. The fourth-order valence-corrected chi connectivity index (χ4v) is 3.57. The summed E-state index contributed by atoms with van der Waals surface area (Å²) in [6.45, 7) is 3.78. The molecule has 3 aromatic rings. The Hall–Kier alpha value is -3.13. The third-order valence-electron chi connectivity index (χ3n) is 4.48. The summed E-state index contributed by atoms with van der Waals surface area (Å²) in [6.07, 6.45) is 0. The normalized spacial score (nSPS) is 10.7. The van der Waals surface area contributed by atoms with Crippen LogP contribution in [0.1, 0.15) is 11.1 Å². The highest BCUT2D eigenvalue weighted by molar-refractivity contribution is 7.99. The molecule has 0 aliphatic carbocycles. The van der Waals surface area contributed by atoms with Gasteiger partial charge in [0.2, 0.25) is 5.91 Å². The lowest BCUT2D eigenvalue weighted by Gasteiger charge is -2.14. The molecule has 0 radical (unpaired) electrons. The first-order valence-corrected chi connectivity index (χ1v) is 9.95. The highest BCUT2D eigenvalue weighted by atomic mass is 32.2. The summed E-state index contributed by atoms with van der Waals surface area (Å²) in [5.41, 5.74) is 3.22. The molecule has 150 valence electrons. The van der Waals surface area contributed by atoms with Crippen molar-refractivity contribution < 1.29 is 14.3 Å². The quantitative estimate of drug-likeness (QED) is 0.381. The number of ether oxygens (including phenoxy) is 1. The van der Waals surface area contributed by atoms with Crippen molar-refractivity contribution in [3.8, 4) is 5.69 Å². The molecule has 0 aliphatic rings. The standard InChI is InChI=1S/C21H21N3O4S/c1-13-8-9-15(10-14(13)2)24-20(27)16-6-4-5-7-17(16)23-21(24)29-12-18(25)22-11-19(26)28-3/h4-10H,11-12H2,1-3H3,(H,22,25). The summed E-state index contributed by atoms with van der Waals surface area (Å²) < 4.78 is 6.03. The maximum absolute atomic E-state index is 13.2. The first-order valence-electron chi connectivity index (χ1n) is 8.96. The van der Waals surface area contributed by atoms with E-state index in [0.717, 1.165) is 22.9 Å². The van der Waals surface area contributed by atoms with E-state index >= 15 is 0 Å². The lowest BCUT2D eigenvalue weighted by atomic mass is 10.1. The average Bonchev–Trinajstić information content (AvgIpc) is 2.72. The van der Waals surface area contributed by atoms with Gasteiger partial charge in [0.05, 0.1) is 29.5 Å². The van der Waals surface area contributed by atoms with Gasteiger partial charge in [-0.15, -0.1) is 0 Å². The molecule has 0 saturated heterocycles. The Morgan fingerprint density at radius 2 is 1.90 bits per heavy atom. The van der Waals surface area contributed by atoms with Crippen LogP contribution in [0, 0.1) is 13.8 Å². The van der Waals surface area contributed by atoms with Gasteiger partial charge >= 0.3 is 5.97 Å². The predicted octanol–water partition coefficient (Wildman–Crippen LogP) is 2.38. The second-order valence-electron chi connectivity index (χ2n) is 6.46. The van der Waals surface area contributed by atoms with Crippen molar-refractivity contribution in [3.05, 3.63) is 63.9 Å². The molecule has 0 unspecified atom stereocenters. The average molecular weight is 411 g/mol. The maximum Gasteiger partial charge on any atom is 0.325 e. The van der Waals surface area contributed by atoms with Gasteiger partial charge in [-0.3, -0.25) is 19.0 Å². The maximum atomic E-state index is 13.2. The summed E-state index contributed by atoms with van der Waals surface area (Å²) in [5, 5.41) is 3.39. The van der Waals surface area contributed by atoms with Crippen LogP contribution < -0.4 is 10.9 Å². The molecule has 1 amide bonds. The van der Waals surface area contributed by atoms with Crippen LogP contribution in [0.5, 0.6) is 0 Å². The highest BCUT2D eigenvalue weighted by Gasteiger charge is 2.15. The molecule has 2 aromatic carbocycles. The molecule has 1 N–H and O–H groups in total. The van der Waals surface area contributed by atoms with Gasteiger partial charge in [-0.25, -0.2) is 4.98 Å². The Bertz CT molecular complexity index is 1140. The number of carbonyl (C=O) groups excluding carboxylic acids is 2. The fraction of sp³-hybridized carbons (Fsp3) is 0.238. The number of fused-ring (bicyclic) bond motifs is 1. The SMILES string of the molecule is COC(=O)CNC(=O)CSc1nc2ccccc2c(=O)n1-c1ccc(C)c(C)c1. The molecule has 0 fully saturated rings. The second kappa shape index (κ2) is 8.91. The number of carbonyl (C=O) groups is 2. The van der Waals surface area contributed by atoms with Crippen LogP contribution in [0.3, 0.4) is 0 Å². The van der Waals surface area contributed by atoms with Gasteiger partial charge in [0.25, 0.3) is 5.56 Å². The first kappa shape index (κ1) is 20.6. The van der Waals surface area contributed by atoms with Crippen molar-refractivity contribution in [1.29, 1.82) is 0 Å². The molecule has 29 heavy (non-hydrogen) atoms. The van der Waals surface area contributed by atoms with Crippen LogP contribution in [-0.2, 0) is 14.3 Å². The number of methoxy groups -OCH3 is 1. The monoisotopic (exact) mass is 411 g/mol. The number of hydrogen-bond donors (Lipinski definition) is 1. The van der Waals surface area contributed by atoms with Crippen LogP contribution in [0.25, 0.3) is 16.6 Å². The van der Waals surface area contributed by atoms with Crippen molar-refractivity contribution in [2.45, 2.75) is 19.0 Å². The fourth-order valence-electron chi connectivity index (χ4n) is 2.73. The number of esters is 1. The number of rotatable bonds is 6. The van der Waals surface area contributed by atoms with Gasteiger partial charge in [0, 0.05) is 0 Å². The van der Waals surface area contributed by atoms with Crippen LogP contribution >= 0.6 is 11.8 Å². The third-order valence-corrected chi connectivity index (χ3v) is 5.42. The van der Waals surface area contributed by atoms with E-state index in [1.165, 1.54) is 11.7 Å². The number of amides is 1. The van der Waals surface area contributed by atoms with Crippen molar-refractivity contribution in [2.24, 2.45) is 0 Å². The lowest BCUT2D eigenvalue weighted by Crippen LogP contribution is -2.31. The summed E-state index contributed by atoms with van der Waals surface area (Å²) in [4.78, 5) is 41.1. The molecular weight excluding hydrogens is 390 g/mol. The van der Waals surface area contributed by atoms with Crippen LogP contribution in [0.15, 0.2) is 52.4 Å². The topological polar surface area (TPSA) is 90.3 Å². The number of aromatic nitrogens is 2. The minimum Gasteiger partial charge on any atom is -0.468 e. The van der Waals surface area contributed by atoms with Crippen LogP contribution in [-0.4, -0.2) is 40.8 Å². The molecule has 0 atom stereocenters. The third kappa shape index (κ3) is 4.65. The molecule has 3 rings (SSSR count). The molecule has 7 nitrogen and oxygen atoms in total. The van der Waals surface area contributed by atoms with E-state index in [2.05, 4.69) is 15.0 Å². The molecule has 0 aliphatic heterocycles. The smallest absolute Gasteiger partial charge is 0.325 e. The molecule has 1 aromatic heterocycles. The summed E-state index contributed by atoms with van der Waals surface area (Å²) >= 11 is 1.14. The number of thioether (sulfide) groups is 1. The minimum absolute atomic E-state index is 0.00657. The van der Waals surface area contributed by atoms with Gasteiger partial charge in [-0.05, 0) is 49.2 Å². The Morgan fingerprint density at radius 3 is 2.62 bits per heavy atom. The van der Waals surface area contributed by atoms with Gasteiger partial charge in [-0.1, -0.05) is 30.0 Å². The second-order valence-corrected chi connectivity index (χ2v) is 7.40. The van der Waals surface area contributed by atoms with E-state index in [4.69, 9.17) is 0 Å². The predicted molar refractivity (Wildman–Crippen MR) is 113 cm³/mol. The number of aryl methyl sites for hydroxylation is 2. The molecule has 0 saturated carbocycles. The van der Waals surface area contributed by atoms with Crippen molar-refractivity contribution in [2.75, 3.05) is 19.4 Å². The molecule has 8 heteroatoms. The Kier molecular flexibility index (Phi) is 6.33. The van der Waals surface area contributed by atoms with E-state index in [1.807, 2.05) is 38.1 Å². The van der Waals surface area contributed by atoms with E-state index in [1.54, 1.807) is 18.2 Å². The Morgan fingerprint density at radius 1 is 1.14 bits per heavy atom. The van der Waals surface area contributed by atoms with Gasteiger partial charge in [0.1, 0.15) is 6.54 Å².